The van der Waals surface area contributed by atoms with Crippen molar-refractivity contribution in [2.75, 3.05) is 6.61 Å². The third-order valence-corrected chi connectivity index (χ3v) is 0.930. The number of rotatable bonds is 0. The van der Waals surface area contributed by atoms with Gasteiger partial charge >= 0.3 is 0 Å². The Balaban J connectivity index is 2.42. The Labute approximate surface area is 42.5 Å². The monoisotopic (exact) mass is 89.1 g/mol. The Bertz CT molecular complexity index is 92.9. The lowest BCUT2D eigenvalue weighted by atomic mass is 10.3. The molecule has 1 fully saturated rings. The molecule has 0 spiro atoms. The molecule has 0 amide bonds. The highest BCUT2D eigenvalue weighted by atomic mass is 16.5. The smallest absolute Gasteiger partial charge is 0.0547 e. The summed E-state index contributed by atoms with van der Waals surface area (Å²) in [6, 6.07) is 0. The fourth-order valence-electron chi connectivity index (χ4n) is 0.578. The summed E-state index contributed by atoms with van der Waals surface area (Å²) in [6.07, 6.45) is 1.09. The summed E-state index contributed by atoms with van der Waals surface area (Å²) >= 11 is 0. The first-order chi connectivity index (χ1) is 4.11. The van der Waals surface area contributed by atoms with Crippen LogP contribution in [0.15, 0.2) is 0 Å². The molecule has 36 valence electrons. The summed E-state index contributed by atoms with van der Waals surface area (Å²) in [5.41, 5.74) is 0. The second-order valence-electron chi connectivity index (χ2n) is 1.50. The van der Waals surface area contributed by atoms with E-state index in [1.54, 1.807) is 0 Å². The van der Waals surface area contributed by atoms with Crippen LogP contribution in [0.5, 0.6) is 0 Å². The molecule has 0 aromatic carbocycles. The molecule has 1 aliphatic heterocycles. The van der Waals surface area contributed by atoms with E-state index in [-0.39, 0.29) is 0 Å². The third-order valence-electron chi connectivity index (χ3n) is 0.930. The molecule has 1 rings (SSSR count). The highest BCUT2D eigenvalue weighted by molar-refractivity contribution is 4.56. The Hall–Kier alpha value is -0.0400. The average molecular weight is 89.2 g/mol. The Morgan fingerprint density at radius 2 is 3.00 bits per heavy atom. The molecule has 1 nitrogen and oxygen atoms in total. The first-order valence-corrected chi connectivity index (χ1v) is 2.22. The predicted octanol–water partition coefficient (Wildman–Crippen LogP) is 1.19. The van der Waals surface area contributed by atoms with Gasteiger partial charge in [0.1, 0.15) is 0 Å². The van der Waals surface area contributed by atoms with Crippen molar-refractivity contribution in [3.8, 4) is 0 Å². The minimum atomic E-state index is -1.89. The van der Waals surface area contributed by atoms with E-state index in [1.165, 1.54) is 0 Å². The van der Waals surface area contributed by atoms with Gasteiger partial charge < -0.3 is 4.74 Å². The van der Waals surface area contributed by atoms with Gasteiger partial charge in [0.05, 0.1) is 6.10 Å². The predicted molar refractivity (Wildman–Crippen MR) is 24.6 cm³/mol. The Kier molecular flexibility index (Phi) is 0.489. The van der Waals surface area contributed by atoms with Gasteiger partial charge in [0.15, 0.2) is 0 Å². The largest absolute Gasteiger partial charge is 0.379 e. The van der Waals surface area contributed by atoms with Gasteiger partial charge in [-0.2, -0.15) is 0 Å². The van der Waals surface area contributed by atoms with Crippen LogP contribution in [0.1, 0.15) is 23.8 Å². The molecule has 0 bridgehead atoms. The van der Waals surface area contributed by atoms with Crippen molar-refractivity contribution >= 4 is 0 Å². The molecule has 1 heterocycles. The van der Waals surface area contributed by atoms with Gasteiger partial charge in [0.2, 0.25) is 0 Å². The van der Waals surface area contributed by atoms with E-state index in [4.69, 9.17) is 8.85 Å². The molecule has 1 saturated heterocycles. The summed E-state index contributed by atoms with van der Waals surface area (Å²) in [5, 5.41) is 0. The van der Waals surface area contributed by atoms with Gasteiger partial charge in [-0.25, -0.2) is 0 Å². The van der Waals surface area contributed by atoms with E-state index in [0.29, 0.717) is 13.0 Å². The highest BCUT2D eigenvalue weighted by Crippen LogP contribution is 2.09. The summed E-state index contributed by atoms with van der Waals surface area (Å²) < 4.78 is 25.8. The van der Waals surface area contributed by atoms with Gasteiger partial charge in [-0.1, -0.05) is 0 Å². The first-order valence-electron chi connectivity index (χ1n) is 3.72. The molecule has 1 unspecified atom stereocenters. The van der Waals surface area contributed by atoms with Crippen LogP contribution in [0.4, 0.5) is 0 Å². The Morgan fingerprint density at radius 1 is 2.00 bits per heavy atom. The van der Waals surface area contributed by atoms with E-state index in [0.717, 1.165) is 6.42 Å². The van der Waals surface area contributed by atoms with Crippen molar-refractivity contribution in [3.63, 3.8) is 0 Å². The van der Waals surface area contributed by atoms with Crippen LogP contribution in [0.25, 0.3) is 0 Å². The topological polar surface area (TPSA) is 9.23 Å². The zero-order valence-corrected chi connectivity index (χ0v) is 3.61. The molecule has 0 N–H and O–H groups in total. The lowest BCUT2D eigenvalue weighted by molar-refractivity contribution is 0.125. The van der Waals surface area contributed by atoms with Crippen LogP contribution in [0, 0.1) is 0 Å². The van der Waals surface area contributed by atoms with Gasteiger partial charge in [-0.15, -0.1) is 0 Å². The molecule has 0 aromatic heterocycles. The number of hydrogen-bond donors (Lipinski definition) is 0. The minimum absolute atomic E-state index is 0.488. The molecular formula is C5H10O. The molecule has 1 atom stereocenters. The maximum Gasteiger partial charge on any atom is 0.0547 e. The second-order valence-corrected chi connectivity index (χ2v) is 1.50. The van der Waals surface area contributed by atoms with E-state index < -0.39 is 13.0 Å². The molecular weight excluding hydrogens is 76.1 g/mol. The van der Waals surface area contributed by atoms with Gasteiger partial charge in [-0.3, -0.25) is 0 Å². The molecule has 0 radical (unpaired) electrons. The van der Waals surface area contributed by atoms with Gasteiger partial charge in [0.25, 0.3) is 0 Å². The van der Waals surface area contributed by atoms with Crippen LogP contribution >= 0.6 is 0 Å². The fourth-order valence-corrected chi connectivity index (χ4v) is 0.578. The summed E-state index contributed by atoms with van der Waals surface area (Å²) in [7, 11) is 0. The molecule has 1 heteroatoms. The first kappa shape index (κ1) is 1.83. The second kappa shape index (κ2) is 1.61. The van der Waals surface area contributed by atoms with Crippen molar-refractivity contribution in [1.29, 1.82) is 0 Å². The quantitative estimate of drug-likeness (QED) is 0.433. The average Bonchev–Trinajstić information content (AvgIpc) is 2.08. The van der Waals surface area contributed by atoms with Crippen LogP contribution < -0.4 is 0 Å². The standard InChI is InChI=1S/C5H10O/c1-5-3-2-4-6-5/h5H,2-4H2,1H3/i1D3. The van der Waals surface area contributed by atoms with Crippen LogP contribution in [0.2, 0.25) is 0 Å². The normalized spacial score (nSPS) is 44.0. The zero-order chi connectivity index (χ0) is 6.91. The molecule has 0 aliphatic carbocycles. The number of hydrogen-bond acceptors (Lipinski definition) is 1. The SMILES string of the molecule is [2H]C([2H])([2H])C1CCCO1. The maximum absolute atomic E-state index is 6.94. The molecule has 6 heavy (non-hydrogen) atoms. The maximum atomic E-state index is 6.94. The van der Waals surface area contributed by atoms with E-state index in [1.807, 2.05) is 0 Å². The van der Waals surface area contributed by atoms with Crippen molar-refractivity contribution in [3.05, 3.63) is 0 Å². The van der Waals surface area contributed by atoms with Crippen LogP contribution in [-0.4, -0.2) is 12.7 Å². The van der Waals surface area contributed by atoms with Crippen LogP contribution in [0.3, 0.4) is 0 Å². The fraction of sp³-hybridized carbons (Fsp3) is 1.00. The van der Waals surface area contributed by atoms with Gasteiger partial charge in [-0.05, 0) is 19.7 Å². The minimum Gasteiger partial charge on any atom is -0.379 e. The van der Waals surface area contributed by atoms with Crippen molar-refractivity contribution in [1.82, 2.24) is 0 Å². The van der Waals surface area contributed by atoms with Gasteiger partial charge in [0, 0.05) is 10.7 Å². The molecule has 1 aliphatic rings. The van der Waals surface area contributed by atoms with Crippen molar-refractivity contribution in [2.24, 2.45) is 0 Å². The van der Waals surface area contributed by atoms with Crippen LogP contribution in [-0.2, 0) is 4.74 Å². The lowest BCUT2D eigenvalue weighted by Crippen LogP contribution is -1.94. The molecule has 0 aromatic rings. The van der Waals surface area contributed by atoms with E-state index in [9.17, 15) is 0 Å². The van der Waals surface area contributed by atoms with Crippen molar-refractivity contribution < 1.29 is 8.85 Å². The summed E-state index contributed by atoms with van der Waals surface area (Å²) in [5.74, 6) is 0. The summed E-state index contributed by atoms with van der Waals surface area (Å²) in [6.45, 7) is -1.28. The highest BCUT2D eigenvalue weighted by Gasteiger charge is 2.07. The lowest BCUT2D eigenvalue weighted by Gasteiger charge is -1.94. The Morgan fingerprint density at radius 3 is 3.33 bits per heavy atom. The van der Waals surface area contributed by atoms with E-state index in [2.05, 4.69) is 0 Å². The zero-order valence-electron chi connectivity index (χ0n) is 6.61. The summed E-state index contributed by atoms with van der Waals surface area (Å²) in [4.78, 5) is 0. The third kappa shape index (κ3) is 0.716. The van der Waals surface area contributed by atoms with Crippen molar-refractivity contribution in [2.45, 2.75) is 25.8 Å². The number of ether oxygens (including phenoxy) is 1. The molecule has 0 saturated carbocycles. The van der Waals surface area contributed by atoms with E-state index >= 15 is 0 Å².